The van der Waals surface area contributed by atoms with Gasteiger partial charge < -0.3 is 4.74 Å². The number of hydrogen-bond acceptors (Lipinski definition) is 4. The van der Waals surface area contributed by atoms with E-state index < -0.39 is 17.4 Å². The maximum Gasteiger partial charge on any atom is 0.328 e. The summed E-state index contributed by atoms with van der Waals surface area (Å²) in [6, 6.07) is 2.93. The highest BCUT2D eigenvalue weighted by molar-refractivity contribution is 6.38. The van der Waals surface area contributed by atoms with Crippen LogP contribution in [0.3, 0.4) is 0 Å². The lowest BCUT2D eigenvalue weighted by Gasteiger charge is -2.14. The van der Waals surface area contributed by atoms with Gasteiger partial charge in [-0.2, -0.15) is 0 Å². The molecule has 2 heterocycles. The molecule has 1 aromatic heterocycles. The maximum atomic E-state index is 12.0. The lowest BCUT2D eigenvalue weighted by Crippen LogP contribution is -2.33. The average molecular weight is 329 g/mol. The maximum absolute atomic E-state index is 12.0. The number of esters is 1. The summed E-state index contributed by atoms with van der Waals surface area (Å²) in [5.41, 5.74) is -0.839. The molecule has 1 unspecified atom stereocenters. The highest BCUT2D eigenvalue weighted by Gasteiger charge is 2.25. The largest absolute Gasteiger partial charge is 0.460 e. The Hall–Kier alpha value is -1.79. The van der Waals surface area contributed by atoms with E-state index in [2.05, 4.69) is 4.98 Å². The number of carbonyl (C=O) groups excluding carboxylic acids is 1. The minimum Gasteiger partial charge on any atom is -0.460 e. The Bertz CT molecular complexity index is 856. The number of aromatic nitrogens is 2. The van der Waals surface area contributed by atoms with Crippen LogP contribution in [0.15, 0.2) is 21.7 Å². The summed E-state index contributed by atoms with van der Waals surface area (Å²) in [7, 11) is 0. The number of fused-ring (bicyclic) bond motifs is 1. The monoisotopic (exact) mass is 328 g/mol. The zero-order valence-electron chi connectivity index (χ0n) is 10.7. The van der Waals surface area contributed by atoms with E-state index in [4.69, 9.17) is 27.9 Å². The first-order valence-electron chi connectivity index (χ1n) is 6.27. The van der Waals surface area contributed by atoms with E-state index in [-0.39, 0.29) is 22.9 Å². The Kier molecular flexibility index (Phi) is 3.51. The molecule has 3 rings (SSSR count). The SMILES string of the molecule is O=C1CCC(Cn2c(=O)[nH]c(=O)c3c(Cl)cc(Cl)cc32)O1. The molecule has 2 aromatic rings. The molecule has 0 amide bonds. The molecule has 1 aromatic carbocycles. The van der Waals surface area contributed by atoms with Gasteiger partial charge in [0.2, 0.25) is 0 Å². The first-order valence-corrected chi connectivity index (χ1v) is 7.02. The number of cyclic esters (lactones) is 1. The van der Waals surface area contributed by atoms with Crippen LogP contribution in [-0.2, 0) is 16.1 Å². The smallest absolute Gasteiger partial charge is 0.328 e. The van der Waals surface area contributed by atoms with Crippen LogP contribution < -0.4 is 11.2 Å². The number of halogens is 2. The third kappa shape index (κ3) is 2.56. The van der Waals surface area contributed by atoms with Gasteiger partial charge in [-0.05, 0) is 18.6 Å². The van der Waals surface area contributed by atoms with Crippen molar-refractivity contribution in [1.29, 1.82) is 0 Å². The molecule has 21 heavy (non-hydrogen) atoms. The molecule has 1 aliphatic heterocycles. The van der Waals surface area contributed by atoms with Crippen molar-refractivity contribution >= 4 is 40.1 Å². The van der Waals surface area contributed by atoms with Crippen LogP contribution in [0.5, 0.6) is 0 Å². The molecular formula is C13H10Cl2N2O4. The number of nitrogens with zero attached hydrogens (tertiary/aromatic N) is 1. The van der Waals surface area contributed by atoms with Gasteiger partial charge in [0.05, 0.1) is 22.5 Å². The fourth-order valence-electron chi connectivity index (χ4n) is 2.43. The van der Waals surface area contributed by atoms with Crippen LogP contribution in [-0.4, -0.2) is 21.6 Å². The second-order valence-corrected chi connectivity index (χ2v) is 5.65. The second-order valence-electron chi connectivity index (χ2n) is 4.80. The molecule has 0 spiro atoms. The van der Waals surface area contributed by atoms with Gasteiger partial charge in [0, 0.05) is 11.4 Å². The topological polar surface area (TPSA) is 81.2 Å². The molecule has 6 nitrogen and oxygen atoms in total. The molecule has 0 saturated carbocycles. The summed E-state index contributed by atoms with van der Waals surface area (Å²) in [4.78, 5) is 37.3. The van der Waals surface area contributed by atoms with E-state index >= 15 is 0 Å². The molecule has 0 radical (unpaired) electrons. The number of carbonyl (C=O) groups is 1. The van der Waals surface area contributed by atoms with Crippen LogP contribution in [0, 0.1) is 0 Å². The van der Waals surface area contributed by atoms with E-state index in [9.17, 15) is 14.4 Å². The zero-order valence-corrected chi connectivity index (χ0v) is 12.2. The van der Waals surface area contributed by atoms with Crippen molar-refractivity contribution in [2.24, 2.45) is 0 Å². The summed E-state index contributed by atoms with van der Waals surface area (Å²) in [6.45, 7) is 0.147. The van der Waals surface area contributed by atoms with E-state index in [0.717, 1.165) is 0 Å². The van der Waals surface area contributed by atoms with E-state index in [1.54, 1.807) is 0 Å². The zero-order chi connectivity index (χ0) is 15.1. The summed E-state index contributed by atoms with van der Waals surface area (Å²) < 4.78 is 6.42. The number of rotatable bonds is 2. The quantitative estimate of drug-likeness (QED) is 0.851. The summed E-state index contributed by atoms with van der Waals surface area (Å²) in [5.74, 6) is -0.294. The van der Waals surface area contributed by atoms with Crippen molar-refractivity contribution in [2.45, 2.75) is 25.5 Å². The normalized spacial score (nSPS) is 18.2. The third-order valence-corrected chi connectivity index (χ3v) is 3.89. The Balaban J connectivity index is 2.19. The van der Waals surface area contributed by atoms with Gasteiger partial charge in [0.25, 0.3) is 5.56 Å². The number of H-pyrrole nitrogens is 1. The molecule has 1 saturated heterocycles. The number of aromatic amines is 1. The van der Waals surface area contributed by atoms with Gasteiger partial charge in [0.1, 0.15) is 6.10 Å². The van der Waals surface area contributed by atoms with Crippen molar-refractivity contribution in [1.82, 2.24) is 9.55 Å². The molecular weight excluding hydrogens is 319 g/mol. The van der Waals surface area contributed by atoms with Crippen molar-refractivity contribution in [3.63, 3.8) is 0 Å². The Morgan fingerprint density at radius 3 is 2.71 bits per heavy atom. The number of ether oxygens (including phenoxy) is 1. The predicted octanol–water partition coefficient (Wildman–Crippen LogP) is 1.70. The first-order chi connectivity index (χ1) is 9.95. The molecule has 110 valence electrons. The second kappa shape index (κ2) is 5.20. The minimum absolute atomic E-state index is 0.147. The van der Waals surface area contributed by atoms with Crippen LogP contribution in [0.25, 0.3) is 10.9 Å². The summed E-state index contributed by atoms with van der Waals surface area (Å²) >= 11 is 12.0. The molecule has 1 N–H and O–H groups in total. The summed E-state index contributed by atoms with van der Waals surface area (Å²) in [6.07, 6.45) is 0.449. The fraction of sp³-hybridized carbons (Fsp3) is 0.308. The fourth-order valence-corrected chi connectivity index (χ4v) is 3.00. The van der Waals surface area contributed by atoms with Gasteiger partial charge >= 0.3 is 11.7 Å². The highest BCUT2D eigenvalue weighted by Crippen LogP contribution is 2.25. The van der Waals surface area contributed by atoms with E-state index in [1.807, 2.05) is 0 Å². The number of nitrogens with one attached hydrogen (secondary N) is 1. The van der Waals surface area contributed by atoms with Crippen molar-refractivity contribution in [3.8, 4) is 0 Å². The Labute approximate surface area is 128 Å². The van der Waals surface area contributed by atoms with Crippen molar-refractivity contribution in [2.75, 3.05) is 0 Å². The minimum atomic E-state index is -0.589. The standard InChI is InChI=1S/C13H10Cl2N2O4/c14-6-3-8(15)11-9(4-6)17(13(20)16-12(11)19)5-7-1-2-10(18)21-7/h3-4,7H,1-2,5H2,(H,16,19,20). The lowest BCUT2D eigenvalue weighted by molar-refractivity contribution is -0.141. The molecule has 1 atom stereocenters. The third-order valence-electron chi connectivity index (χ3n) is 3.37. The molecule has 1 fully saturated rings. The lowest BCUT2D eigenvalue weighted by atomic mass is 10.2. The highest BCUT2D eigenvalue weighted by atomic mass is 35.5. The first kappa shape index (κ1) is 14.2. The molecule has 1 aliphatic rings. The van der Waals surface area contributed by atoms with E-state index in [1.165, 1.54) is 16.7 Å². The average Bonchev–Trinajstić information content (AvgIpc) is 2.78. The van der Waals surface area contributed by atoms with Gasteiger partial charge in [-0.3, -0.25) is 19.1 Å². The van der Waals surface area contributed by atoms with Gasteiger partial charge in [-0.1, -0.05) is 23.2 Å². The molecule has 8 heteroatoms. The van der Waals surface area contributed by atoms with Crippen LogP contribution in [0.1, 0.15) is 12.8 Å². The summed E-state index contributed by atoms with van der Waals surface area (Å²) in [5, 5.41) is 0.663. The molecule has 0 aliphatic carbocycles. The van der Waals surface area contributed by atoms with Gasteiger partial charge in [0.15, 0.2) is 0 Å². The van der Waals surface area contributed by atoms with Crippen LogP contribution >= 0.6 is 23.2 Å². The van der Waals surface area contributed by atoms with Crippen LogP contribution in [0.2, 0.25) is 10.0 Å². The van der Waals surface area contributed by atoms with Gasteiger partial charge in [-0.15, -0.1) is 0 Å². The Morgan fingerprint density at radius 1 is 1.29 bits per heavy atom. The predicted molar refractivity (Wildman–Crippen MR) is 78.0 cm³/mol. The van der Waals surface area contributed by atoms with Crippen molar-refractivity contribution < 1.29 is 9.53 Å². The number of benzene rings is 1. The van der Waals surface area contributed by atoms with Gasteiger partial charge in [-0.25, -0.2) is 4.79 Å². The van der Waals surface area contributed by atoms with E-state index in [0.29, 0.717) is 23.4 Å². The molecule has 0 bridgehead atoms. The van der Waals surface area contributed by atoms with Crippen LogP contribution in [0.4, 0.5) is 0 Å². The van der Waals surface area contributed by atoms with Crippen molar-refractivity contribution in [3.05, 3.63) is 43.0 Å². The number of hydrogen-bond donors (Lipinski definition) is 1. The Morgan fingerprint density at radius 2 is 2.05 bits per heavy atom.